The zero-order chi connectivity index (χ0) is 24.8. The summed E-state index contributed by atoms with van der Waals surface area (Å²) in [7, 11) is 0. The van der Waals surface area contributed by atoms with Crippen molar-refractivity contribution in [3.63, 3.8) is 0 Å². The van der Waals surface area contributed by atoms with Crippen molar-refractivity contribution in [2.45, 2.75) is 17.3 Å². The molecule has 3 rings (SSSR count). The van der Waals surface area contributed by atoms with Crippen molar-refractivity contribution >= 4 is 23.8 Å². The molecule has 0 aliphatic heterocycles. The summed E-state index contributed by atoms with van der Waals surface area (Å²) in [5, 5.41) is 33.4. The molecule has 0 amide bonds. The van der Waals surface area contributed by atoms with Crippen LogP contribution in [0.1, 0.15) is 31.1 Å². The Hall–Kier alpha value is -3.98. The maximum absolute atomic E-state index is 13.3. The van der Waals surface area contributed by atoms with Crippen molar-refractivity contribution in [3.05, 3.63) is 108 Å². The molecule has 0 aromatic heterocycles. The summed E-state index contributed by atoms with van der Waals surface area (Å²) in [6.07, 6.45) is -2.65. The van der Waals surface area contributed by atoms with Crippen LogP contribution in [-0.2, 0) is 9.53 Å². The Morgan fingerprint density at radius 1 is 0.735 bits per heavy atom. The molecule has 0 unspecified atom stereocenters. The molecule has 8 nitrogen and oxygen atoms in total. The molecule has 3 aromatic rings. The number of aliphatic hydroxyl groups excluding tert-OH is 1. The van der Waals surface area contributed by atoms with Gasteiger partial charge < -0.3 is 20.1 Å². The molecule has 0 saturated carbocycles. The molecule has 0 aliphatic rings. The summed E-state index contributed by atoms with van der Waals surface area (Å²) in [6.45, 7) is -0.999. The number of ketones is 2. The molecule has 0 bridgehead atoms. The van der Waals surface area contributed by atoms with Crippen LogP contribution in [0.3, 0.4) is 0 Å². The molecule has 8 heteroatoms. The number of ether oxygens (including phenoxy) is 1. The molecule has 0 radical (unpaired) electrons. The topological polar surface area (TPSA) is 138 Å². The highest BCUT2D eigenvalue weighted by atomic mass is 16.5. The van der Waals surface area contributed by atoms with Gasteiger partial charge in [-0.25, -0.2) is 4.79 Å². The van der Waals surface area contributed by atoms with Crippen molar-refractivity contribution in [2.75, 3.05) is 6.61 Å². The SMILES string of the molecule is O=C[C@](O)(C(=O)c1ccccc1)[C@](O)(C(=O)c1ccccc1)[C@@H](O)COC(=O)c1ccccc1. The van der Waals surface area contributed by atoms with Crippen molar-refractivity contribution < 1.29 is 39.2 Å². The van der Waals surface area contributed by atoms with E-state index in [1.807, 2.05) is 0 Å². The zero-order valence-corrected chi connectivity index (χ0v) is 17.9. The number of hydrogen-bond donors (Lipinski definition) is 3. The predicted molar refractivity (Wildman–Crippen MR) is 120 cm³/mol. The van der Waals surface area contributed by atoms with Crippen LogP contribution in [0, 0.1) is 0 Å². The van der Waals surface area contributed by atoms with Crippen LogP contribution < -0.4 is 0 Å². The first kappa shape index (κ1) is 24.7. The third kappa shape index (κ3) is 4.55. The fourth-order valence-corrected chi connectivity index (χ4v) is 3.45. The molecule has 0 fully saturated rings. The largest absolute Gasteiger partial charge is 0.459 e. The summed E-state index contributed by atoms with van der Waals surface area (Å²) in [5.41, 5.74) is -7.05. The molecule has 0 heterocycles. The quantitative estimate of drug-likeness (QED) is 0.179. The summed E-state index contributed by atoms with van der Waals surface area (Å²) < 4.78 is 5.01. The fourth-order valence-electron chi connectivity index (χ4n) is 3.45. The first-order valence-corrected chi connectivity index (χ1v) is 10.3. The zero-order valence-electron chi connectivity index (χ0n) is 17.9. The Bertz CT molecular complexity index is 1160. The van der Waals surface area contributed by atoms with Gasteiger partial charge in [0, 0.05) is 11.1 Å². The second kappa shape index (κ2) is 10.3. The van der Waals surface area contributed by atoms with E-state index in [2.05, 4.69) is 0 Å². The standard InChI is InChI=1S/C26H22O8/c27-17-25(32,22(29)18-10-4-1-5-11-18)26(33,23(30)19-12-6-2-7-13-19)21(28)16-34-24(31)20-14-8-3-9-15-20/h1-15,17,21,28,32-33H,16H2/t21-,25-,26+/m0/s1. The predicted octanol–water partition coefficient (Wildman–Crippen LogP) is 1.63. The molecular weight excluding hydrogens is 440 g/mol. The van der Waals surface area contributed by atoms with Crippen LogP contribution in [0.2, 0.25) is 0 Å². The van der Waals surface area contributed by atoms with E-state index >= 15 is 0 Å². The molecule has 3 N–H and O–H groups in total. The van der Waals surface area contributed by atoms with E-state index in [1.165, 1.54) is 60.7 Å². The van der Waals surface area contributed by atoms with Crippen LogP contribution in [0.25, 0.3) is 0 Å². The monoisotopic (exact) mass is 462 g/mol. The number of aldehydes is 1. The highest BCUT2D eigenvalue weighted by Gasteiger charge is 2.64. The lowest BCUT2D eigenvalue weighted by Crippen LogP contribution is -2.71. The van der Waals surface area contributed by atoms with Gasteiger partial charge in [-0.2, -0.15) is 0 Å². The van der Waals surface area contributed by atoms with E-state index in [9.17, 15) is 34.5 Å². The summed E-state index contributed by atoms with van der Waals surface area (Å²) in [4.78, 5) is 50.9. The van der Waals surface area contributed by atoms with E-state index in [0.717, 1.165) is 0 Å². The lowest BCUT2D eigenvalue weighted by molar-refractivity contribution is -0.166. The van der Waals surface area contributed by atoms with Gasteiger partial charge in [-0.15, -0.1) is 0 Å². The second-order valence-electron chi connectivity index (χ2n) is 7.52. The second-order valence-corrected chi connectivity index (χ2v) is 7.52. The molecule has 0 saturated heterocycles. The third-order valence-corrected chi connectivity index (χ3v) is 5.38. The van der Waals surface area contributed by atoms with E-state index in [-0.39, 0.29) is 23.0 Å². The average molecular weight is 462 g/mol. The number of Topliss-reactive ketones (excluding diaryl/α,β-unsaturated/α-hetero) is 2. The molecule has 0 aliphatic carbocycles. The van der Waals surface area contributed by atoms with Crippen LogP contribution in [0.5, 0.6) is 0 Å². The Morgan fingerprint density at radius 3 is 1.59 bits per heavy atom. The fraction of sp³-hybridized carbons (Fsp3) is 0.154. The number of benzene rings is 3. The van der Waals surface area contributed by atoms with Gasteiger partial charge in [0.25, 0.3) is 0 Å². The molecular formula is C26H22O8. The number of aliphatic hydroxyl groups is 3. The van der Waals surface area contributed by atoms with Gasteiger partial charge in [0.1, 0.15) is 12.7 Å². The van der Waals surface area contributed by atoms with Gasteiger partial charge >= 0.3 is 5.97 Å². The van der Waals surface area contributed by atoms with Gasteiger partial charge in [0.05, 0.1) is 5.56 Å². The van der Waals surface area contributed by atoms with Gasteiger partial charge in [0.2, 0.25) is 17.2 Å². The van der Waals surface area contributed by atoms with Gasteiger partial charge in [-0.05, 0) is 12.1 Å². The van der Waals surface area contributed by atoms with Crippen molar-refractivity contribution in [3.8, 4) is 0 Å². The first-order valence-electron chi connectivity index (χ1n) is 10.3. The van der Waals surface area contributed by atoms with Crippen LogP contribution in [0.15, 0.2) is 91.0 Å². The number of carbonyl (C=O) groups is 4. The number of carbonyl (C=O) groups excluding carboxylic acids is 4. The molecule has 174 valence electrons. The Balaban J connectivity index is 2.02. The molecule has 3 atom stereocenters. The normalized spacial score (nSPS) is 15.3. The third-order valence-electron chi connectivity index (χ3n) is 5.38. The van der Waals surface area contributed by atoms with Crippen molar-refractivity contribution in [1.82, 2.24) is 0 Å². The van der Waals surface area contributed by atoms with Crippen molar-refractivity contribution in [1.29, 1.82) is 0 Å². The Morgan fingerprint density at radius 2 is 1.15 bits per heavy atom. The maximum atomic E-state index is 13.3. The summed E-state index contributed by atoms with van der Waals surface area (Å²) in [5.74, 6) is -3.52. The lowest BCUT2D eigenvalue weighted by Gasteiger charge is -2.40. The van der Waals surface area contributed by atoms with E-state index in [4.69, 9.17) is 4.74 Å². The highest BCUT2D eigenvalue weighted by Crippen LogP contribution is 2.33. The minimum absolute atomic E-state index is 0.124. The smallest absolute Gasteiger partial charge is 0.338 e. The van der Waals surface area contributed by atoms with Gasteiger partial charge in [-0.3, -0.25) is 14.4 Å². The molecule has 3 aromatic carbocycles. The summed E-state index contributed by atoms with van der Waals surface area (Å²) >= 11 is 0. The van der Waals surface area contributed by atoms with E-state index in [0.29, 0.717) is 0 Å². The Labute approximate surface area is 195 Å². The Kier molecular flexibility index (Phi) is 7.47. The number of rotatable bonds is 10. The molecule has 34 heavy (non-hydrogen) atoms. The van der Waals surface area contributed by atoms with E-state index in [1.54, 1.807) is 30.3 Å². The van der Waals surface area contributed by atoms with Gasteiger partial charge in [0.15, 0.2) is 11.9 Å². The van der Waals surface area contributed by atoms with Crippen LogP contribution in [-0.4, -0.2) is 63.1 Å². The minimum atomic E-state index is -3.40. The lowest BCUT2D eigenvalue weighted by atomic mass is 9.71. The van der Waals surface area contributed by atoms with Crippen LogP contribution >= 0.6 is 0 Å². The number of hydrogen-bond acceptors (Lipinski definition) is 8. The first-order chi connectivity index (χ1) is 16.3. The van der Waals surface area contributed by atoms with Crippen molar-refractivity contribution in [2.24, 2.45) is 0 Å². The summed E-state index contributed by atoms with van der Waals surface area (Å²) in [6, 6.07) is 21.8. The maximum Gasteiger partial charge on any atom is 0.338 e. The van der Waals surface area contributed by atoms with E-state index < -0.39 is 41.4 Å². The minimum Gasteiger partial charge on any atom is -0.459 e. The molecule has 0 spiro atoms. The van der Waals surface area contributed by atoms with Crippen LogP contribution in [0.4, 0.5) is 0 Å². The number of esters is 1. The highest BCUT2D eigenvalue weighted by molar-refractivity contribution is 6.19. The van der Waals surface area contributed by atoms with Gasteiger partial charge in [-0.1, -0.05) is 78.9 Å². The average Bonchev–Trinajstić information content (AvgIpc) is 2.91.